The van der Waals surface area contributed by atoms with Crippen LogP contribution in [0.2, 0.25) is 0 Å². The second-order valence-electron chi connectivity index (χ2n) is 7.33. The third-order valence-corrected chi connectivity index (χ3v) is 3.80. The first-order chi connectivity index (χ1) is 14.2. The molecule has 2 rings (SSSR count). The van der Waals surface area contributed by atoms with E-state index in [2.05, 4.69) is 5.32 Å². The van der Waals surface area contributed by atoms with Gasteiger partial charge in [0, 0.05) is 5.56 Å². The molecule has 0 aromatic heterocycles. The molecular weight excluding hydrogens is 386 g/mol. The second-order valence-corrected chi connectivity index (χ2v) is 7.33. The molecule has 7 heteroatoms. The number of methoxy groups -OCH3 is 2. The van der Waals surface area contributed by atoms with Gasteiger partial charge >= 0.3 is 12.1 Å². The van der Waals surface area contributed by atoms with Crippen molar-refractivity contribution < 1.29 is 28.5 Å². The average Bonchev–Trinajstić information content (AvgIpc) is 2.70. The first-order valence-corrected chi connectivity index (χ1v) is 9.37. The number of nitrogens with one attached hydrogen (secondary N) is 1. The molecule has 7 nitrogen and oxygen atoms in total. The van der Waals surface area contributed by atoms with Crippen LogP contribution in [0.5, 0.6) is 11.5 Å². The molecular formula is C23H27NO6. The molecule has 0 aliphatic heterocycles. The zero-order valence-corrected chi connectivity index (χ0v) is 17.9. The highest BCUT2D eigenvalue weighted by atomic mass is 16.6. The largest absolute Gasteiger partial charge is 0.493 e. The number of rotatable bonds is 7. The molecule has 2 aromatic rings. The molecule has 0 bridgehead atoms. The van der Waals surface area contributed by atoms with E-state index in [-0.39, 0.29) is 5.70 Å². The molecule has 160 valence electrons. The minimum atomic E-state index is -0.770. The van der Waals surface area contributed by atoms with Crippen LogP contribution in [0.25, 0.3) is 6.08 Å². The third kappa shape index (κ3) is 6.84. The summed E-state index contributed by atoms with van der Waals surface area (Å²) in [7, 11) is 2.75. The predicted molar refractivity (Wildman–Crippen MR) is 113 cm³/mol. The zero-order valence-electron chi connectivity index (χ0n) is 17.9. The van der Waals surface area contributed by atoms with Gasteiger partial charge in [-0.05, 0) is 38.5 Å². The smallest absolute Gasteiger partial charge is 0.412 e. The molecule has 0 aliphatic rings. The number of amides is 1. The van der Waals surface area contributed by atoms with Crippen molar-refractivity contribution >= 4 is 18.1 Å². The lowest BCUT2D eigenvalue weighted by Crippen LogP contribution is -2.34. The summed E-state index contributed by atoms with van der Waals surface area (Å²) in [5.74, 6) is 0.190. The number of carbonyl (C=O) groups excluding carboxylic acids is 2. The van der Waals surface area contributed by atoms with E-state index in [1.807, 2.05) is 30.3 Å². The molecule has 0 saturated heterocycles. The highest BCUT2D eigenvalue weighted by Gasteiger charge is 2.21. The number of esters is 1. The lowest BCUT2D eigenvalue weighted by molar-refractivity contribution is -0.136. The molecule has 0 spiro atoms. The SMILES string of the molecule is COC(=O)/C(=C/c1cccc(OC)c1OCc1ccccc1)NC(=O)OC(C)(C)C. The Hall–Kier alpha value is -3.48. The van der Waals surface area contributed by atoms with Gasteiger partial charge in [-0.1, -0.05) is 42.5 Å². The number of hydrogen-bond acceptors (Lipinski definition) is 6. The van der Waals surface area contributed by atoms with Crippen LogP contribution in [-0.4, -0.2) is 31.9 Å². The predicted octanol–water partition coefficient (Wildman–Crippen LogP) is 4.31. The van der Waals surface area contributed by atoms with Gasteiger partial charge in [0.25, 0.3) is 0 Å². The van der Waals surface area contributed by atoms with Crippen molar-refractivity contribution in [3.8, 4) is 11.5 Å². The van der Waals surface area contributed by atoms with Gasteiger partial charge in [0.15, 0.2) is 11.5 Å². The Bertz CT molecular complexity index is 900. The molecule has 1 amide bonds. The van der Waals surface area contributed by atoms with Crippen molar-refractivity contribution in [2.24, 2.45) is 0 Å². The minimum absolute atomic E-state index is 0.0930. The first kappa shape index (κ1) is 22.8. The number of alkyl carbamates (subject to hydrolysis) is 1. The summed E-state index contributed by atoms with van der Waals surface area (Å²) >= 11 is 0. The van der Waals surface area contributed by atoms with E-state index in [0.717, 1.165) is 5.56 Å². The van der Waals surface area contributed by atoms with Gasteiger partial charge in [0.2, 0.25) is 0 Å². The molecule has 0 aliphatic carbocycles. The van der Waals surface area contributed by atoms with Crippen molar-refractivity contribution in [1.82, 2.24) is 5.32 Å². The second kappa shape index (κ2) is 10.3. The maximum atomic E-state index is 12.2. The highest BCUT2D eigenvalue weighted by Crippen LogP contribution is 2.33. The highest BCUT2D eigenvalue weighted by molar-refractivity contribution is 5.97. The van der Waals surface area contributed by atoms with E-state index in [1.54, 1.807) is 39.0 Å². The molecule has 0 saturated carbocycles. The van der Waals surface area contributed by atoms with Crippen LogP contribution in [0.4, 0.5) is 4.79 Å². The number of carbonyl (C=O) groups is 2. The van der Waals surface area contributed by atoms with Gasteiger partial charge in [-0.15, -0.1) is 0 Å². The van der Waals surface area contributed by atoms with Gasteiger partial charge < -0.3 is 18.9 Å². The lowest BCUT2D eigenvalue weighted by atomic mass is 10.1. The molecule has 1 N–H and O–H groups in total. The monoisotopic (exact) mass is 413 g/mol. The Morgan fingerprint density at radius 2 is 1.70 bits per heavy atom. The van der Waals surface area contributed by atoms with Gasteiger partial charge in [0.1, 0.15) is 17.9 Å². The fourth-order valence-electron chi connectivity index (χ4n) is 2.52. The normalized spacial score (nSPS) is 11.4. The summed E-state index contributed by atoms with van der Waals surface area (Å²) < 4.78 is 21.4. The van der Waals surface area contributed by atoms with E-state index in [1.165, 1.54) is 20.3 Å². The molecule has 0 fully saturated rings. The van der Waals surface area contributed by atoms with Crippen LogP contribution in [0.3, 0.4) is 0 Å². The zero-order chi connectivity index (χ0) is 22.1. The topological polar surface area (TPSA) is 83.1 Å². The van der Waals surface area contributed by atoms with Crippen molar-refractivity contribution in [3.05, 3.63) is 65.4 Å². The number of benzene rings is 2. The third-order valence-electron chi connectivity index (χ3n) is 3.80. The summed E-state index contributed by atoms with van der Waals surface area (Å²) in [6.45, 7) is 5.48. The lowest BCUT2D eigenvalue weighted by Gasteiger charge is -2.20. The van der Waals surface area contributed by atoms with E-state index in [9.17, 15) is 9.59 Å². The number of hydrogen-bond donors (Lipinski definition) is 1. The van der Waals surface area contributed by atoms with Crippen molar-refractivity contribution in [2.75, 3.05) is 14.2 Å². The van der Waals surface area contributed by atoms with Gasteiger partial charge in [0.05, 0.1) is 14.2 Å². The summed E-state index contributed by atoms with van der Waals surface area (Å²) in [6, 6.07) is 14.9. The number of para-hydroxylation sites is 1. The summed E-state index contributed by atoms with van der Waals surface area (Å²) in [6.07, 6.45) is 0.687. The number of ether oxygens (including phenoxy) is 4. The van der Waals surface area contributed by atoms with Crippen LogP contribution in [0.1, 0.15) is 31.9 Å². The molecule has 0 heterocycles. The van der Waals surface area contributed by atoms with Crippen molar-refractivity contribution in [1.29, 1.82) is 0 Å². The van der Waals surface area contributed by atoms with Crippen LogP contribution < -0.4 is 14.8 Å². The fraction of sp³-hybridized carbons (Fsp3) is 0.304. The summed E-state index contributed by atoms with van der Waals surface area (Å²) in [4.78, 5) is 24.4. The average molecular weight is 413 g/mol. The summed E-state index contributed by atoms with van der Waals surface area (Å²) in [5, 5.41) is 2.44. The molecule has 30 heavy (non-hydrogen) atoms. The molecule has 0 radical (unpaired) electrons. The van der Waals surface area contributed by atoms with Crippen LogP contribution >= 0.6 is 0 Å². The Morgan fingerprint density at radius 1 is 1.00 bits per heavy atom. The van der Waals surface area contributed by atoms with E-state index < -0.39 is 17.7 Å². The van der Waals surface area contributed by atoms with E-state index in [0.29, 0.717) is 23.7 Å². The standard InChI is InChI=1S/C23H27NO6/c1-23(2,3)30-22(26)24-18(21(25)28-5)14-17-12-9-13-19(27-4)20(17)29-15-16-10-7-6-8-11-16/h6-14H,15H2,1-5H3,(H,24,26)/b18-14-. The van der Waals surface area contributed by atoms with Gasteiger partial charge in [-0.2, -0.15) is 0 Å². The van der Waals surface area contributed by atoms with Gasteiger partial charge in [-0.3, -0.25) is 5.32 Å². The van der Waals surface area contributed by atoms with Crippen LogP contribution in [0.15, 0.2) is 54.2 Å². The Balaban J connectivity index is 2.36. The Kier molecular flexibility index (Phi) is 7.86. The van der Waals surface area contributed by atoms with Crippen molar-refractivity contribution in [2.45, 2.75) is 33.0 Å². The fourth-order valence-corrected chi connectivity index (χ4v) is 2.52. The maximum Gasteiger partial charge on any atom is 0.412 e. The van der Waals surface area contributed by atoms with E-state index in [4.69, 9.17) is 18.9 Å². The molecule has 2 aromatic carbocycles. The van der Waals surface area contributed by atoms with Gasteiger partial charge in [-0.25, -0.2) is 9.59 Å². The molecule has 0 unspecified atom stereocenters. The van der Waals surface area contributed by atoms with Crippen LogP contribution in [0, 0.1) is 0 Å². The first-order valence-electron chi connectivity index (χ1n) is 9.37. The van der Waals surface area contributed by atoms with Crippen LogP contribution in [-0.2, 0) is 20.9 Å². The van der Waals surface area contributed by atoms with E-state index >= 15 is 0 Å². The Labute approximate surface area is 176 Å². The maximum absolute atomic E-state index is 12.2. The Morgan fingerprint density at radius 3 is 2.30 bits per heavy atom. The van der Waals surface area contributed by atoms with Crippen molar-refractivity contribution in [3.63, 3.8) is 0 Å². The minimum Gasteiger partial charge on any atom is -0.493 e. The summed E-state index contributed by atoms with van der Waals surface area (Å²) in [5.41, 5.74) is 0.690. The molecule has 0 atom stereocenters. The quantitative estimate of drug-likeness (QED) is 0.538.